The lowest BCUT2D eigenvalue weighted by Gasteiger charge is -2.10. The van der Waals surface area contributed by atoms with Gasteiger partial charge in [0.2, 0.25) is 5.88 Å². The Morgan fingerprint density at radius 1 is 1.21 bits per heavy atom. The summed E-state index contributed by atoms with van der Waals surface area (Å²) in [5.74, 6) is 2.21. The van der Waals surface area contributed by atoms with Crippen molar-refractivity contribution >= 4 is 5.78 Å². The zero-order chi connectivity index (χ0) is 20.0. The molecule has 0 bridgehead atoms. The molecule has 1 aromatic heterocycles. The lowest BCUT2D eigenvalue weighted by Crippen LogP contribution is -2.08. The van der Waals surface area contributed by atoms with E-state index in [0.29, 0.717) is 29.2 Å². The number of Topliss-reactive ketones (excluding diaryl/α,β-unsaturated/α-hetero) is 1. The minimum Gasteiger partial charge on any atom is -0.489 e. The maximum absolute atomic E-state index is 13.7. The molecule has 1 aliphatic heterocycles. The first-order valence-electron chi connectivity index (χ1n) is 9.60. The van der Waals surface area contributed by atoms with Gasteiger partial charge in [-0.2, -0.15) is 0 Å². The maximum Gasteiger partial charge on any atom is 0.222 e. The molecular weight excluding hydrogens is 371 g/mol. The molecule has 1 saturated carbocycles. The number of hydrogen-bond donors (Lipinski definition) is 0. The molecule has 0 spiro atoms. The van der Waals surface area contributed by atoms with Crippen molar-refractivity contribution in [2.75, 3.05) is 0 Å². The normalized spacial score (nSPS) is 21.1. The van der Waals surface area contributed by atoms with E-state index in [9.17, 15) is 9.18 Å². The van der Waals surface area contributed by atoms with Crippen LogP contribution in [-0.4, -0.2) is 21.9 Å². The number of nitrogens with zero attached hydrogens (tertiary/aromatic N) is 2. The fraction of sp³-hybridized carbons (Fsp3) is 0.261. The Bertz CT molecular complexity index is 1090. The third-order valence-corrected chi connectivity index (χ3v) is 5.58. The van der Waals surface area contributed by atoms with Crippen molar-refractivity contribution in [2.24, 2.45) is 5.92 Å². The molecule has 0 radical (unpaired) electrons. The van der Waals surface area contributed by atoms with Crippen molar-refractivity contribution in [3.05, 3.63) is 77.5 Å². The summed E-state index contributed by atoms with van der Waals surface area (Å²) in [6, 6.07) is 12.4. The van der Waals surface area contributed by atoms with Crippen LogP contribution in [0.5, 0.6) is 17.4 Å². The van der Waals surface area contributed by atoms with Crippen molar-refractivity contribution in [3.8, 4) is 17.4 Å². The van der Waals surface area contributed by atoms with Crippen LogP contribution in [0.1, 0.15) is 29.0 Å². The second-order valence-corrected chi connectivity index (χ2v) is 7.62. The van der Waals surface area contributed by atoms with Gasteiger partial charge in [0, 0.05) is 42.5 Å². The van der Waals surface area contributed by atoms with Gasteiger partial charge in [-0.15, -0.1) is 0 Å². The molecule has 0 unspecified atom stereocenters. The highest BCUT2D eigenvalue weighted by Crippen LogP contribution is 2.60. The van der Waals surface area contributed by atoms with E-state index in [-0.39, 0.29) is 36.0 Å². The van der Waals surface area contributed by atoms with Crippen molar-refractivity contribution in [3.63, 3.8) is 0 Å². The third kappa shape index (κ3) is 3.46. The van der Waals surface area contributed by atoms with Gasteiger partial charge in [0.15, 0.2) is 0 Å². The number of aromatic nitrogens is 2. The van der Waals surface area contributed by atoms with Crippen LogP contribution in [-0.2, 0) is 11.2 Å². The number of fused-ring (bicyclic) bond motifs is 3. The van der Waals surface area contributed by atoms with Gasteiger partial charge in [0.1, 0.15) is 35.5 Å². The summed E-state index contributed by atoms with van der Waals surface area (Å²) in [5, 5.41) is 0. The summed E-state index contributed by atoms with van der Waals surface area (Å²) in [5.41, 5.74) is 2.37. The van der Waals surface area contributed by atoms with Crippen molar-refractivity contribution in [2.45, 2.75) is 31.8 Å². The zero-order valence-corrected chi connectivity index (χ0v) is 15.8. The molecule has 0 saturated heterocycles. The van der Waals surface area contributed by atoms with Crippen molar-refractivity contribution in [1.82, 2.24) is 9.97 Å². The fourth-order valence-corrected chi connectivity index (χ4v) is 4.03. The highest BCUT2D eigenvalue weighted by atomic mass is 19.1. The van der Waals surface area contributed by atoms with Gasteiger partial charge in [-0.25, -0.2) is 14.4 Å². The molecule has 1 aliphatic carbocycles. The highest BCUT2D eigenvalue weighted by Gasteiger charge is 2.58. The number of aryl methyl sites for hydroxylation is 1. The molecule has 146 valence electrons. The molecule has 3 atom stereocenters. The van der Waals surface area contributed by atoms with Gasteiger partial charge in [-0.1, -0.05) is 12.1 Å². The van der Waals surface area contributed by atoms with Crippen LogP contribution in [0, 0.1) is 18.7 Å². The quantitative estimate of drug-likeness (QED) is 0.625. The largest absolute Gasteiger partial charge is 0.489 e. The van der Waals surface area contributed by atoms with Crippen LogP contribution in [0.25, 0.3) is 0 Å². The second-order valence-electron chi connectivity index (χ2n) is 7.62. The number of benzene rings is 2. The van der Waals surface area contributed by atoms with E-state index in [2.05, 4.69) is 9.97 Å². The van der Waals surface area contributed by atoms with Gasteiger partial charge in [0.25, 0.3) is 0 Å². The van der Waals surface area contributed by atoms with Crippen LogP contribution in [0.2, 0.25) is 0 Å². The number of carbonyl (C=O) groups excluding carboxylic acids is 1. The summed E-state index contributed by atoms with van der Waals surface area (Å²) in [7, 11) is 0. The molecule has 2 aromatic carbocycles. The lowest BCUT2D eigenvalue weighted by molar-refractivity contribution is -0.118. The van der Waals surface area contributed by atoms with Gasteiger partial charge in [-0.05, 0) is 42.3 Å². The summed E-state index contributed by atoms with van der Waals surface area (Å²) >= 11 is 0. The van der Waals surface area contributed by atoms with Crippen LogP contribution in [0.4, 0.5) is 4.39 Å². The zero-order valence-electron chi connectivity index (χ0n) is 15.8. The Hall–Kier alpha value is -3.28. The summed E-state index contributed by atoms with van der Waals surface area (Å²) in [6.07, 6.45) is 3.78. The Morgan fingerprint density at radius 2 is 2.10 bits per heavy atom. The molecule has 0 amide bonds. The molecule has 1 fully saturated rings. The summed E-state index contributed by atoms with van der Waals surface area (Å²) in [6.45, 7) is 1.71. The van der Waals surface area contributed by atoms with E-state index in [4.69, 9.17) is 9.47 Å². The molecule has 0 N–H and O–H groups in total. The van der Waals surface area contributed by atoms with E-state index < -0.39 is 0 Å². The predicted molar refractivity (Wildman–Crippen MR) is 104 cm³/mol. The van der Waals surface area contributed by atoms with E-state index in [1.54, 1.807) is 25.3 Å². The van der Waals surface area contributed by atoms with Crippen molar-refractivity contribution in [1.29, 1.82) is 0 Å². The molecule has 2 aliphatic rings. The second kappa shape index (κ2) is 6.95. The molecule has 29 heavy (non-hydrogen) atoms. The number of hydrogen-bond acceptors (Lipinski definition) is 5. The van der Waals surface area contributed by atoms with Crippen LogP contribution >= 0.6 is 0 Å². The summed E-state index contributed by atoms with van der Waals surface area (Å²) in [4.78, 5) is 20.4. The van der Waals surface area contributed by atoms with E-state index >= 15 is 0 Å². The Kier molecular flexibility index (Phi) is 4.27. The summed E-state index contributed by atoms with van der Waals surface area (Å²) < 4.78 is 25.5. The molecule has 5 rings (SSSR count). The van der Waals surface area contributed by atoms with Crippen LogP contribution < -0.4 is 9.47 Å². The lowest BCUT2D eigenvalue weighted by atomic mass is 10.0. The molecule has 5 nitrogen and oxygen atoms in total. The van der Waals surface area contributed by atoms with E-state index in [1.807, 2.05) is 24.3 Å². The van der Waals surface area contributed by atoms with Gasteiger partial charge in [0.05, 0.1) is 0 Å². The minimum atomic E-state index is -0.271. The molecular formula is C23H19FN2O3. The molecule has 6 heteroatoms. The van der Waals surface area contributed by atoms with Gasteiger partial charge in [-0.3, -0.25) is 4.79 Å². The van der Waals surface area contributed by atoms with Gasteiger partial charge >= 0.3 is 0 Å². The average Bonchev–Trinajstić information content (AvgIpc) is 3.22. The monoisotopic (exact) mass is 390 g/mol. The standard InChI is InChI=1S/C23H19FN2O3/c1-13-2-3-14(9-19(13)24)8-15(27)10-18-22-17-11-16(4-5-20(17)29-23(18)22)28-21-6-7-25-12-26-21/h2-7,9,11-12,18,22-23H,8,10H2,1H3/t18-,22-,23+/m0/s1. The van der Waals surface area contributed by atoms with E-state index in [1.165, 1.54) is 12.4 Å². The first kappa shape index (κ1) is 17.8. The van der Waals surface area contributed by atoms with Gasteiger partial charge < -0.3 is 9.47 Å². The Labute approximate surface area is 167 Å². The maximum atomic E-state index is 13.7. The van der Waals surface area contributed by atoms with Crippen LogP contribution in [0.15, 0.2) is 55.0 Å². The smallest absolute Gasteiger partial charge is 0.222 e. The predicted octanol–water partition coefficient (Wildman–Crippen LogP) is 4.39. The topological polar surface area (TPSA) is 61.3 Å². The first-order chi connectivity index (χ1) is 14.1. The van der Waals surface area contributed by atoms with Crippen molar-refractivity contribution < 1.29 is 18.7 Å². The average molecular weight is 390 g/mol. The molecule has 3 aromatic rings. The molecule has 2 heterocycles. The number of halogens is 1. The number of ketones is 1. The number of ether oxygens (including phenoxy) is 2. The first-order valence-corrected chi connectivity index (χ1v) is 9.60. The minimum absolute atomic E-state index is 0.0398. The highest BCUT2D eigenvalue weighted by molar-refractivity contribution is 5.82. The van der Waals surface area contributed by atoms with Crippen LogP contribution in [0.3, 0.4) is 0 Å². The fourth-order valence-electron chi connectivity index (χ4n) is 4.03. The number of carbonyl (C=O) groups is 1. The number of rotatable bonds is 6. The third-order valence-electron chi connectivity index (χ3n) is 5.58. The van der Waals surface area contributed by atoms with E-state index in [0.717, 1.165) is 11.3 Å². The SMILES string of the molecule is Cc1ccc(CC(=O)C[C@@H]2[C@H]3Oc4ccc(Oc5ccncn5)cc4[C@@H]23)cc1F. The Morgan fingerprint density at radius 3 is 2.90 bits per heavy atom. The Balaban J connectivity index is 1.24.